The van der Waals surface area contributed by atoms with Gasteiger partial charge >= 0.3 is 0 Å². The van der Waals surface area contributed by atoms with Crippen molar-refractivity contribution < 1.29 is 4.79 Å². The van der Waals surface area contributed by atoms with Crippen LogP contribution < -0.4 is 5.73 Å². The molecule has 3 aromatic rings. The second-order valence-corrected chi connectivity index (χ2v) is 10.4. The van der Waals surface area contributed by atoms with E-state index in [4.69, 9.17) is 10.7 Å². The summed E-state index contributed by atoms with van der Waals surface area (Å²) in [6.45, 7) is 12.0. The molecule has 1 aromatic carbocycles. The molecule has 0 saturated carbocycles. The van der Waals surface area contributed by atoms with E-state index in [1.807, 2.05) is 23.1 Å². The molecule has 0 saturated heterocycles. The Balaban J connectivity index is 1.95. The maximum Gasteiger partial charge on any atom is 0.253 e. The van der Waals surface area contributed by atoms with Crippen LogP contribution in [0.2, 0.25) is 0 Å². The molecule has 0 aliphatic rings. The van der Waals surface area contributed by atoms with E-state index in [1.54, 1.807) is 11.3 Å². The Labute approximate surface area is 196 Å². The van der Waals surface area contributed by atoms with Gasteiger partial charge in [0.05, 0.1) is 15.9 Å². The molecule has 0 radical (unpaired) electrons. The number of imidazole rings is 1. The molecule has 0 spiro atoms. The number of unbranched alkanes of at least 4 members (excludes halogenated alkanes) is 1. The molecule has 174 valence electrons. The number of fused-ring (bicyclic) bond motifs is 1. The third kappa shape index (κ3) is 6.20. The summed E-state index contributed by atoms with van der Waals surface area (Å²) in [7, 11) is 0. The van der Waals surface area contributed by atoms with Gasteiger partial charge in [0.15, 0.2) is 5.82 Å². The highest BCUT2D eigenvalue weighted by Gasteiger charge is 2.19. The number of rotatable bonds is 12. The van der Waals surface area contributed by atoms with Gasteiger partial charge in [-0.25, -0.2) is 4.98 Å². The number of carbonyl (C=O) groups excluding carboxylic acids is 1. The number of amides is 1. The van der Waals surface area contributed by atoms with E-state index in [0.717, 1.165) is 72.6 Å². The van der Waals surface area contributed by atoms with Crippen molar-refractivity contribution in [3.8, 4) is 10.7 Å². The van der Waals surface area contributed by atoms with Gasteiger partial charge in [0.1, 0.15) is 0 Å². The van der Waals surface area contributed by atoms with Crippen LogP contribution in [0.1, 0.15) is 63.7 Å². The fraction of sp³-hybridized carbons (Fsp3) is 0.538. The first-order chi connectivity index (χ1) is 15.4. The number of nitrogens with zero attached hydrogens (tertiary/aromatic N) is 3. The molecule has 0 fully saturated rings. The zero-order chi connectivity index (χ0) is 23.1. The lowest BCUT2D eigenvalue weighted by atomic mass is 10.1. The summed E-state index contributed by atoms with van der Waals surface area (Å²) in [6.07, 6.45) is 4.00. The summed E-state index contributed by atoms with van der Waals surface area (Å²) in [5.74, 6) is 2.25. The second kappa shape index (κ2) is 11.6. The lowest BCUT2D eigenvalue weighted by Crippen LogP contribution is -2.34. The van der Waals surface area contributed by atoms with E-state index in [9.17, 15) is 4.79 Å². The van der Waals surface area contributed by atoms with Gasteiger partial charge in [-0.2, -0.15) is 0 Å². The number of hydrogen-bond acceptors (Lipinski definition) is 4. The highest BCUT2D eigenvalue weighted by atomic mass is 32.1. The number of benzene rings is 1. The fourth-order valence-electron chi connectivity index (χ4n) is 3.82. The summed E-state index contributed by atoms with van der Waals surface area (Å²) >= 11 is 1.70. The van der Waals surface area contributed by atoms with E-state index in [2.05, 4.69) is 49.8 Å². The van der Waals surface area contributed by atoms with Crippen LogP contribution in [-0.4, -0.2) is 40.0 Å². The van der Waals surface area contributed by atoms with Crippen molar-refractivity contribution in [2.45, 2.75) is 59.9 Å². The predicted molar refractivity (Wildman–Crippen MR) is 136 cm³/mol. The van der Waals surface area contributed by atoms with Crippen molar-refractivity contribution in [1.29, 1.82) is 0 Å². The van der Waals surface area contributed by atoms with Crippen molar-refractivity contribution >= 4 is 28.3 Å². The van der Waals surface area contributed by atoms with Crippen LogP contribution in [0.4, 0.5) is 0 Å². The van der Waals surface area contributed by atoms with Crippen LogP contribution >= 0.6 is 11.3 Å². The van der Waals surface area contributed by atoms with Crippen molar-refractivity contribution in [1.82, 2.24) is 14.5 Å². The van der Waals surface area contributed by atoms with Gasteiger partial charge < -0.3 is 15.2 Å². The van der Waals surface area contributed by atoms with Crippen molar-refractivity contribution in [3.05, 3.63) is 41.3 Å². The van der Waals surface area contributed by atoms with Crippen molar-refractivity contribution in [2.24, 2.45) is 17.6 Å². The van der Waals surface area contributed by atoms with Crippen LogP contribution in [-0.2, 0) is 6.54 Å². The Morgan fingerprint density at radius 2 is 1.81 bits per heavy atom. The minimum Gasteiger partial charge on any atom is -0.339 e. The molecule has 0 bridgehead atoms. The molecule has 0 aliphatic heterocycles. The zero-order valence-corrected chi connectivity index (χ0v) is 20.8. The van der Waals surface area contributed by atoms with Crippen molar-refractivity contribution in [3.63, 3.8) is 0 Å². The first-order valence-electron chi connectivity index (χ1n) is 11.9. The second-order valence-electron chi connectivity index (χ2n) is 9.42. The normalized spacial score (nSPS) is 11.7. The van der Waals surface area contributed by atoms with Crippen LogP contribution in [0.5, 0.6) is 0 Å². The molecular weight excluding hydrogens is 416 g/mol. The number of nitrogens with two attached hydrogens (primary N) is 1. The molecule has 2 aromatic heterocycles. The molecule has 2 heterocycles. The summed E-state index contributed by atoms with van der Waals surface area (Å²) in [5.41, 5.74) is 8.46. The fourth-order valence-corrected chi connectivity index (χ4v) is 4.54. The van der Waals surface area contributed by atoms with Gasteiger partial charge in [0.25, 0.3) is 5.91 Å². The van der Waals surface area contributed by atoms with Gasteiger partial charge in [0.2, 0.25) is 0 Å². The Morgan fingerprint density at radius 1 is 1.09 bits per heavy atom. The molecule has 0 unspecified atom stereocenters. The molecule has 0 atom stereocenters. The SMILES string of the molecule is CC(C)CCN(CCC(C)C)C(=O)c1ccc2nc(-c3cccs3)n(CCCCN)c2c1. The molecule has 6 heteroatoms. The van der Waals surface area contributed by atoms with Crippen LogP contribution in [0.15, 0.2) is 35.7 Å². The quantitative estimate of drug-likeness (QED) is 0.339. The largest absolute Gasteiger partial charge is 0.339 e. The van der Waals surface area contributed by atoms with E-state index in [-0.39, 0.29) is 5.91 Å². The van der Waals surface area contributed by atoms with Crippen LogP contribution in [0, 0.1) is 11.8 Å². The standard InChI is InChI=1S/C26H38N4OS/c1-19(2)11-15-29(16-12-20(3)4)26(31)21-9-10-22-23(18-21)30(14-6-5-13-27)25(28-22)24-8-7-17-32-24/h7-10,17-20H,5-6,11-16,27H2,1-4H3. The van der Waals surface area contributed by atoms with E-state index in [1.165, 1.54) is 0 Å². The van der Waals surface area contributed by atoms with E-state index >= 15 is 0 Å². The molecule has 3 rings (SSSR count). The average Bonchev–Trinajstić information content (AvgIpc) is 3.41. The first-order valence-corrected chi connectivity index (χ1v) is 12.8. The van der Waals surface area contributed by atoms with Crippen LogP contribution in [0.25, 0.3) is 21.7 Å². The van der Waals surface area contributed by atoms with Crippen molar-refractivity contribution in [2.75, 3.05) is 19.6 Å². The molecule has 5 nitrogen and oxygen atoms in total. The maximum absolute atomic E-state index is 13.5. The number of carbonyl (C=O) groups is 1. The number of hydrogen-bond donors (Lipinski definition) is 1. The minimum absolute atomic E-state index is 0.126. The summed E-state index contributed by atoms with van der Waals surface area (Å²) in [6, 6.07) is 10.2. The molecule has 2 N–H and O–H groups in total. The predicted octanol–water partition coefficient (Wildman–Crippen LogP) is 6.04. The smallest absolute Gasteiger partial charge is 0.253 e. The lowest BCUT2D eigenvalue weighted by Gasteiger charge is -2.24. The van der Waals surface area contributed by atoms with Gasteiger partial charge in [-0.15, -0.1) is 11.3 Å². The highest BCUT2D eigenvalue weighted by Crippen LogP contribution is 2.29. The highest BCUT2D eigenvalue weighted by molar-refractivity contribution is 7.13. The third-order valence-electron chi connectivity index (χ3n) is 5.81. The van der Waals surface area contributed by atoms with E-state index in [0.29, 0.717) is 18.4 Å². The molecule has 1 amide bonds. The Kier molecular flexibility index (Phi) is 8.88. The molecule has 32 heavy (non-hydrogen) atoms. The van der Waals surface area contributed by atoms with E-state index < -0.39 is 0 Å². The van der Waals surface area contributed by atoms with Gasteiger partial charge in [-0.05, 0) is 73.7 Å². The Bertz CT molecular complexity index is 979. The minimum atomic E-state index is 0.126. The third-order valence-corrected chi connectivity index (χ3v) is 6.68. The zero-order valence-electron chi connectivity index (χ0n) is 20.0. The Morgan fingerprint density at radius 3 is 2.41 bits per heavy atom. The number of aryl methyl sites for hydroxylation is 1. The topological polar surface area (TPSA) is 64.2 Å². The lowest BCUT2D eigenvalue weighted by molar-refractivity contribution is 0.0741. The first kappa shape index (κ1) is 24.5. The average molecular weight is 455 g/mol. The van der Waals surface area contributed by atoms with Gasteiger partial charge in [-0.3, -0.25) is 4.79 Å². The van der Waals surface area contributed by atoms with Gasteiger partial charge in [0, 0.05) is 25.2 Å². The summed E-state index contributed by atoms with van der Waals surface area (Å²) in [4.78, 5) is 21.6. The number of aromatic nitrogens is 2. The summed E-state index contributed by atoms with van der Waals surface area (Å²) < 4.78 is 2.26. The Hall–Kier alpha value is -2.18. The van der Waals surface area contributed by atoms with Gasteiger partial charge in [-0.1, -0.05) is 33.8 Å². The van der Waals surface area contributed by atoms with Crippen LogP contribution in [0.3, 0.4) is 0 Å². The summed E-state index contributed by atoms with van der Waals surface area (Å²) in [5, 5.41) is 2.08. The maximum atomic E-state index is 13.5. The molecular formula is C26H38N4OS. The molecule has 0 aliphatic carbocycles. The monoisotopic (exact) mass is 454 g/mol. The number of thiophene rings is 1.